The van der Waals surface area contributed by atoms with Gasteiger partial charge in [-0.1, -0.05) is 0 Å². The molecule has 1 fully saturated rings. The molecule has 0 bridgehead atoms. The Morgan fingerprint density at radius 1 is 1.56 bits per heavy atom. The summed E-state index contributed by atoms with van der Waals surface area (Å²) >= 11 is 0. The summed E-state index contributed by atoms with van der Waals surface area (Å²) in [5, 5.41) is 11.1. The monoisotopic (exact) mass is 230 g/mol. The quantitative estimate of drug-likeness (QED) is 0.569. The van der Waals surface area contributed by atoms with Crippen molar-refractivity contribution in [2.24, 2.45) is 5.73 Å². The molecule has 0 spiro atoms. The van der Waals surface area contributed by atoms with Gasteiger partial charge in [0.2, 0.25) is 5.91 Å². The zero-order chi connectivity index (χ0) is 12.0. The van der Waals surface area contributed by atoms with Gasteiger partial charge in [-0.25, -0.2) is 0 Å². The minimum absolute atomic E-state index is 0.0793. The molecule has 0 radical (unpaired) electrons. The van der Waals surface area contributed by atoms with Crippen molar-refractivity contribution >= 4 is 11.9 Å². The summed E-state index contributed by atoms with van der Waals surface area (Å²) in [6, 6.07) is -0.752. The Bertz CT molecular complexity index is 251. The van der Waals surface area contributed by atoms with Gasteiger partial charge in [-0.2, -0.15) is 0 Å². The van der Waals surface area contributed by atoms with E-state index in [1.165, 1.54) is 0 Å². The van der Waals surface area contributed by atoms with Crippen LogP contribution in [0.1, 0.15) is 25.7 Å². The number of carboxylic acid groups (broad SMARTS) is 1. The van der Waals surface area contributed by atoms with Crippen LogP contribution in [-0.2, 0) is 14.3 Å². The third kappa shape index (κ3) is 4.59. The number of nitrogens with one attached hydrogen (secondary N) is 1. The van der Waals surface area contributed by atoms with Crippen LogP contribution in [0.2, 0.25) is 0 Å². The van der Waals surface area contributed by atoms with Gasteiger partial charge < -0.3 is 20.9 Å². The second-order valence-electron chi connectivity index (χ2n) is 3.92. The van der Waals surface area contributed by atoms with Gasteiger partial charge in [0.1, 0.15) is 0 Å². The minimum Gasteiger partial charge on any atom is -0.481 e. The molecule has 0 saturated carbocycles. The van der Waals surface area contributed by atoms with E-state index in [2.05, 4.69) is 5.32 Å². The molecule has 1 aliphatic heterocycles. The van der Waals surface area contributed by atoms with E-state index in [4.69, 9.17) is 15.6 Å². The van der Waals surface area contributed by atoms with E-state index in [0.29, 0.717) is 6.54 Å². The number of aliphatic carboxylic acids is 1. The van der Waals surface area contributed by atoms with Crippen LogP contribution < -0.4 is 11.1 Å². The first-order valence-corrected chi connectivity index (χ1v) is 5.46. The van der Waals surface area contributed by atoms with Gasteiger partial charge in [-0.05, 0) is 19.3 Å². The van der Waals surface area contributed by atoms with Crippen molar-refractivity contribution in [3.63, 3.8) is 0 Å². The van der Waals surface area contributed by atoms with Gasteiger partial charge in [-0.15, -0.1) is 0 Å². The Hall–Kier alpha value is -1.14. The number of ether oxygens (including phenoxy) is 1. The first-order valence-electron chi connectivity index (χ1n) is 5.46. The molecule has 92 valence electrons. The number of rotatable bonds is 6. The van der Waals surface area contributed by atoms with Gasteiger partial charge in [0.05, 0.1) is 12.1 Å². The number of carbonyl (C=O) groups excluding carboxylic acids is 1. The maximum absolute atomic E-state index is 11.4. The molecule has 1 saturated heterocycles. The normalized spacial score (nSPS) is 21.7. The number of carboxylic acids is 1. The number of nitrogens with two attached hydrogens (primary N) is 1. The molecule has 0 aromatic heterocycles. The lowest BCUT2D eigenvalue weighted by Crippen LogP contribution is -2.43. The van der Waals surface area contributed by atoms with Crippen molar-refractivity contribution in [1.29, 1.82) is 0 Å². The van der Waals surface area contributed by atoms with Gasteiger partial charge in [0, 0.05) is 19.6 Å². The van der Waals surface area contributed by atoms with Crippen molar-refractivity contribution in [1.82, 2.24) is 5.32 Å². The number of carbonyl (C=O) groups is 2. The van der Waals surface area contributed by atoms with Crippen LogP contribution in [0, 0.1) is 0 Å². The molecule has 0 aromatic rings. The Labute approximate surface area is 94.1 Å². The average molecular weight is 230 g/mol. The Balaban J connectivity index is 2.15. The molecule has 4 N–H and O–H groups in total. The highest BCUT2D eigenvalue weighted by atomic mass is 16.5. The Kier molecular flexibility index (Phi) is 5.21. The van der Waals surface area contributed by atoms with Crippen molar-refractivity contribution in [2.45, 2.75) is 37.8 Å². The maximum atomic E-state index is 11.4. The van der Waals surface area contributed by atoms with E-state index in [0.717, 1.165) is 19.4 Å². The first-order chi connectivity index (χ1) is 7.59. The number of hydrogen-bond acceptors (Lipinski definition) is 4. The molecule has 1 heterocycles. The summed E-state index contributed by atoms with van der Waals surface area (Å²) in [6.07, 6.45) is 2.12. The molecular weight excluding hydrogens is 212 g/mol. The molecule has 1 amide bonds. The maximum Gasteiger partial charge on any atom is 0.303 e. The van der Waals surface area contributed by atoms with Gasteiger partial charge in [0.25, 0.3) is 0 Å². The zero-order valence-corrected chi connectivity index (χ0v) is 9.15. The van der Waals surface area contributed by atoms with E-state index in [1.54, 1.807) is 0 Å². The summed E-state index contributed by atoms with van der Waals surface area (Å²) in [6.45, 7) is 1.20. The molecule has 2 atom stereocenters. The summed E-state index contributed by atoms with van der Waals surface area (Å²) in [5.74, 6) is -1.25. The Morgan fingerprint density at radius 3 is 2.88 bits per heavy atom. The second-order valence-corrected chi connectivity index (χ2v) is 3.92. The number of amides is 1. The van der Waals surface area contributed by atoms with Crippen molar-refractivity contribution < 1.29 is 19.4 Å². The molecule has 0 aromatic carbocycles. The van der Waals surface area contributed by atoms with E-state index in [1.807, 2.05) is 0 Å². The third-order valence-electron chi connectivity index (χ3n) is 2.53. The molecular formula is C10H18N2O4. The molecule has 2 unspecified atom stereocenters. The fraction of sp³-hybridized carbons (Fsp3) is 0.800. The highest BCUT2D eigenvalue weighted by Gasteiger charge is 2.19. The average Bonchev–Trinajstić information content (AvgIpc) is 2.75. The van der Waals surface area contributed by atoms with E-state index in [-0.39, 0.29) is 24.9 Å². The lowest BCUT2D eigenvalue weighted by molar-refractivity contribution is -0.137. The van der Waals surface area contributed by atoms with Crippen LogP contribution in [0.5, 0.6) is 0 Å². The molecule has 16 heavy (non-hydrogen) atoms. The largest absolute Gasteiger partial charge is 0.481 e. The van der Waals surface area contributed by atoms with Gasteiger partial charge in [0.15, 0.2) is 0 Å². The van der Waals surface area contributed by atoms with Crippen LogP contribution in [0.3, 0.4) is 0 Å². The predicted octanol–water partition coefficient (Wildman–Crippen LogP) is -0.526. The fourth-order valence-corrected chi connectivity index (χ4v) is 1.56. The third-order valence-corrected chi connectivity index (χ3v) is 2.53. The second kappa shape index (κ2) is 6.44. The number of hydrogen-bond donors (Lipinski definition) is 3. The molecule has 1 aliphatic rings. The van der Waals surface area contributed by atoms with Crippen molar-refractivity contribution in [2.75, 3.05) is 13.2 Å². The van der Waals surface area contributed by atoms with Crippen LogP contribution in [0.4, 0.5) is 0 Å². The molecule has 6 heteroatoms. The lowest BCUT2D eigenvalue weighted by atomic mass is 10.1. The SMILES string of the molecule is NC(CCC(=O)O)C(=O)NCC1CCCO1. The van der Waals surface area contributed by atoms with E-state index >= 15 is 0 Å². The first kappa shape index (κ1) is 12.9. The van der Waals surface area contributed by atoms with Crippen LogP contribution in [0.25, 0.3) is 0 Å². The predicted molar refractivity (Wildman–Crippen MR) is 56.8 cm³/mol. The summed E-state index contributed by atoms with van der Waals surface area (Å²) < 4.78 is 5.33. The smallest absolute Gasteiger partial charge is 0.303 e. The van der Waals surface area contributed by atoms with Crippen molar-refractivity contribution in [3.8, 4) is 0 Å². The van der Waals surface area contributed by atoms with Crippen LogP contribution >= 0.6 is 0 Å². The molecule has 0 aliphatic carbocycles. The van der Waals surface area contributed by atoms with Gasteiger partial charge >= 0.3 is 5.97 Å². The molecule has 1 rings (SSSR count). The summed E-state index contributed by atoms with van der Waals surface area (Å²) in [4.78, 5) is 21.7. The highest BCUT2D eigenvalue weighted by molar-refractivity contribution is 5.82. The minimum atomic E-state index is -0.942. The van der Waals surface area contributed by atoms with Crippen LogP contribution in [0.15, 0.2) is 0 Å². The van der Waals surface area contributed by atoms with Crippen molar-refractivity contribution in [3.05, 3.63) is 0 Å². The van der Waals surface area contributed by atoms with Gasteiger partial charge in [-0.3, -0.25) is 9.59 Å². The topological polar surface area (TPSA) is 102 Å². The molecule has 6 nitrogen and oxygen atoms in total. The van der Waals surface area contributed by atoms with E-state index < -0.39 is 12.0 Å². The zero-order valence-electron chi connectivity index (χ0n) is 9.15. The standard InChI is InChI=1S/C10H18N2O4/c11-8(3-4-9(13)14)10(15)12-6-7-2-1-5-16-7/h7-8H,1-6,11H2,(H,12,15)(H,13,14). The fourth-order valence-electron chi connectivity index (χ4n) is 1.56. The summed E-state index contributed by atoms with van der Waals surface area (Å²) in [7, 11) is 0. The Morgan fingerprint density at radius 2 is 2.31 bits per heavy atom. The summed E-state index contributed by atoms with van der Waals surface area (Å²) in [5.41, 5.74) is 5.53. The highest BCUT2D eigenvalue weighted by Crippen LogP contribution is 2.10. The lowest BCUT2D eigenvalue weighted by Gasteiger charge is -2.14. The van der Waals surface area contributed by atoms with Crippen LogP contribution in [-0.4, -0.2) is 42.3 Å². The van der Waals surface area contributed by atoms with E-state index in [9.17, 15) is 9.59 Å².